The number of nitrogens with one attached hydrogen (secondary N) is 1. The maximum Gasteiger partial charge on any atom is 0.280 e. The topological polar surface area (TPSA) is 86.0 Å². The van der Waals surface area contributed by atoms with Crippen LogP contribution in [-0.2, 0) is 11.3 Å². The molecular weight excluding hydrogens is 268 g/mol. The molecule has 0 saturated carbocycles. The molecule has 2 rings (SSSR count). The standard InChI is InChI=1S/C11H12N4O3S/c1-18-7-6-14-10(12-13-11(14)19)8-4-2-3-5-9(8)15(16)17/h2-5H,6-7H2,1H3,(H,13,19). The number of hydrogen-bond acceptors (Lipinski definition) is 5. The first-order valence-electron chi connectivity index (χ1n) is 5.53. The number of nitro benzene ring substituents is 1. The SMILES string of the molecule is COCCn1c(-c2ccccc2[N+](=O)[O-])n[nH]c1=S. The molecule has 0 saturated heterocycles. The van der Waals surface area contributed by atoms with E-state index in [0.717, 1.165) is 0 Å². The van der Waals surface area contributed by atoms with Gasteiger partial charge in [-0.3, -0.25) is 19.8 Å². The largest absolute Gasteiger partial charge is 0.383 e. The summed E-state index contributed by atoms with van der Waals surface area (Å²) in [6, 6.07) is 6.42. The molecule has 0 aliphatic carbocycles. The fourth-order valence-electron chi connectivity index (χ4n) is 1.74. The van der Waals surface area contributed by atoms with Crippen LogP contribution in [0.4, 0.5) is 5.69 Å². The Morgan fingerprint density at radius 2 is 2.26 bits per heavy atom. The summed E-state index contributed by atoms with van der Waals surface area (Å²) in [5.41, 5.74) is 0.422. The van der Waals surface area contributed by atoms with Crippen molar-refractivity contribution in [2.45, 2.75) is 6.54 Å². The molecule has 0 aliphatic rings. The van der Waals surface area contributed by atoms with Crippen molar-refractivity contribution in [1.29, 1.82) is 0 Å². The Morgan fingerprint density at radius 3 is 2.95 bits per heavy atom. The monoisotopic (exact) mass is 280 g/mol. The van der Waals surface area contributed by atoms with Gasteiger partial charge in [-0.25, -0.2) is 0 Å². The van der Waals surface area contributed by atoms with Crippen molar-refractivity contribution in [1.82, 2.24) is 14.8 Å². The molecule has 0 bridgehead atoms. The van der Waals surface area contributed by atoms with Gasteiger partial charge >= 0.3 is 0 Å². The Balaban J connectivity index is 2.53. The second kappa shape index (κ2) is 5.72. The zero-order chi connectivity index (χ0) is 13.8. The van der Waals surface area contributed by atoms with Crippen molar-refractivity contribution in [3.8, 4) is 11.4 Å². The minimum Gasteiger partial charge on any atom is -0.383 e. The molecule has 8 heteroatoms. The first-order valence-corrected chi connectivity index (χ1v) is 5.94. The van der Waals surface area contributed by atoms with Crippen LogP contribution in [0.15, 0.2) is 24.3 Å². The second-order valence-corrected chi connectivity index (χ2v) is 4.16. The molecule has 0 amide bonds. The van der Waals surface area contributed by atoms with Crippen molar-refractivity contribution in [2.24, 2.45) is 0 Å². The lowest BCUT2D eigenvalue weighted by molar-refractivity contribution is -0.384. The maximum absolute atomic E-state index is 11.0. The summed E-state index contributed by atoms with van der Waals surface area (Å²) in [7, 11) is 1.58. The predicted molar refractivity (Wildman–Crippen MR) is 71.4 cm³/mol. The number of nitrogens with zero attached hydrogens (tertiary/aromatic N) is 3. The van der Waals surface area contributed by atoms with Crippen LogP contribution in [0.2, 0.25) is 0 Å². The third kappa shape index (κ3) is 2.69. The number of rotatable bonds is 5. The normalized spacial score (nSPS) is 10.6. The van der Waals surface area contributed by atoms with Crippen LogP contribution in [0, 0.1) is 14.9 Å². The fourth-order valence-corrected chi connectivity index (χ4v) is 1.96. The number of hydrogen-bond donors (Lipinski definition) is 1. The predicted octanol–water partition coefficient (Wildman–Crippen LogP) is 2.16. The van der Waals surface area contributed by atoms with Crippen LogP contribution < -0.4 is 0 Å². The molecule has 0 spiro atoms. The quantitative estimate of drug-likeness (QED) is 0.515. The molecule has 0 fully saturated rings. The average Bonchev–Trinajstić information content (AvgIpc) is 2.77. The van der Waals surface area contributed by atoms with E-state index in [-0.39, 0.29) is 5.69 Å². The molecule has 1 heterocycles. The van der Waals surface area contributed by atoms with Crippen molar-refractivity contribution in [3.05, 3.63) is 39.2 Å². The smallest absolute Gasteiger partial charge is 0.280 e. The maximum atomic E-state index is 11.0. The Labute approximate surface area is 114 Å². The summed E-state index contributed by atoms with van der Waals surface area (Å²) in [4.78, 5) is 10.6. The Hall–Kier alpha value is -2.06. The molecule has 2 aromatic rings. The highest BCUT2D eigenvalue weighted by Crippen LogP contribution is 2.27. The minimum absolute atomic E-state index is 0.00448. The number of methoxy groups -OCH3 is 1. The zero-order valence-corrected chi connectivity index (χ0v) is 11.0. The summed E-state index contributed by atoms with van der Waals surface area (Å²) >= 11 is 5.11. The highest BCUT2D eigenvalue weighted by molar-refractivity contribution is 7.71. The van der Waals surface area contributed by atoms with E-state index in [4.69, 9.17) is 17.0 Å². The van der Waals surface area contributed by atoms with Crippen molar-refractivity contribution in [2.75, 3.05) is 13.7 Å². The molecule has 19 heavy (non-hydrogen) atoms. The first kappa shape index (κ1) is 13.4. The average molecular weight is 280 g/mol. The molecule has 1 aromatic carbocycles. The molecule has 0 atom stereocenters. The van der Waals surface area contributed by atoms with Gasteiger partial charge in [0, 0.05) is 13.2 Å². The van der Waals surface area contributed by atoms with E-state index >= 15 is 0 Å². The van der Waals surface area contributed by atoms with E-state index in [2.05, 4.69) is 10.2 Å². The van der Waals surface area contributed by atoms with E-state index in [1.807, 2.05) is 0 Å². The Bertz CT molecular complexity index is 649. The van der Waals surface area contributed by atoms with Crippen molar-refractivity contribution < 1.29 is 9.66 Å². The lowest BCUT2D eigenvalue weighted by atomic mass is 10.1. The van der Waals surface area contributed by atoms with E-state index in [9.17, 15) is 10.1 Å². The third-order valence-corrected chi connectivity index (χ3v) is 2.93. The van der Waals surface area contributed by atoms with Crippen LogP contribution in [0.3, 0.4) is 0 Å². The molecule has 1 aromatic heterocycles. The highest BCUT2D eigenvalue weighted by atomic mass is 32.1. The molecular formula is C11H12N4O3S. The number of H-pyrrole nitrogens is 1. The van der Waals surface area contributed by atoms with Gasteiger partial charge in [0.1, 0.15) is 0 Å². The molecule has 0 aliphatic heterocycles. The Morgan fingerprint density at radius 1 is 1.53 bits per heavy atom. The van der Waals surface area contributed by atoms with Gasteiger partial charge in [-0.15, -0.1) is 0 Å². The van der Waals surface area contributed by atoms with Crippen molar-refractivity contribution >= 4 is 17.9 Å². The van der Waals surface area contributed by atoms with E-state index in [0.29, 0.717) is 29.3 Å². The lowest BCUT2D eigenvalue weighted by Gasteiger charge is -2.06. The molecule has 0 radical (unpaired) electrons. The number of para-hydroxylation sites is 1. The van der Waals surface area contributed by atoms with Gasteiger partial charge in [-0.2, -0.15) is 5.10 Å². The number of aromatic amines is 1. The summed E-state index contributed by atoms with van der Waals surface area (Å²) in [6.07, 6.45) is 0. The van der Waals surface area contributed by atoms with Crippen LogP contribution in [-0.4, -0.2) is 33.4 Å². The second-order valence-electron chi connectivity index (χ2n) is 3.77. The molecule has 7 nitrogen and oxygen atoms in total. The molecule has 1 N–H and O–H groups in total. The van der Waals surface area contributed by atoms with Gasteiger partial charge in [-0.05, 0) is 18.3 Å². The van der Waals surface area contributed by atoms with Gasteiger partial charge in [0.05, 0.1) is 23.6 Å². The summed E-state index contributed by atoms with van der Waals surface area (Å²) in [5.74, 6) is 0.439. The van der Waals surface area contributed by atoms with Crippen LogP contribution in [0.5, 0.6) is 0 Å². The summed E-state index contributed by atoms with van der Waals surface area (Å²) in [5, 5.41) is 17.8. The van der Waals surface area contributed by atoms with Gasteiger partial charge in [0.2, 0.25) is 0 Å². The lowest BCUT2D eigenvalue weighted by Crippen LogP contribution is -2.07. The first-order chi connectivity index (χ1) is 9.15. The van der Waals surface area contributed by atoms with E-state index in [1.54, 1.807) is 29.9 Å². The van der Waals surface area contributed by atoms with Gasteiger partial charge in [-0.1, -0.05) is 12.1 Å². The fraction of sp³-hybridized carbons (Fsp3) is 0.273. The zero-order valence-electron chi connectivity index (χ0n) is 10.2. The Kier molecular flexibility index (Phi) is 4.03. The number of nitro groups is 1. The number of benzene rings is 1. The van der Waals surface area contributed by atoms with E-state index < -0.39 is 4.92 Å². The van der Waals surface area contributed by atoms with Crippen LogP contribution in [0.25, 0.3) is 11.4 Å². The summed E-state index contributed by atoms with van der Waals surface area (Å²) < 4.78 is 7.09. The minimum atomic E-state index is -0.437. The van der Waals surface area contributed by atoms with Gasteiger partial charge in [0.15, 0.2) is 10.6 Å². The third-order valence-electron chi connectivity index (χ3n) is 2.62. The van der Waals surface area contributed by atoms with Crippen molar-refractivity contribution in [3.63, 3.8) is 0 Å². The van der Waals surface area contributed by atoms with Crippen LogP contribution in [0.1, 0.15) is 0 Å². The van der Waals surface area contributed by atoms with Gasteiger partial charge in [0.25, 0.3) is 5.69 Å². The van der Waals surface area contributed by atoms with Gasteiger partial charge < -0.3 is 4.74 Å². The number of ether oxygens (including phenoxy) is 1. The molecule has 100 valence electrons. The summed E-state index contributed by atoms with van der Waals surface area (Å²) in [6.45, 7) is 0.925. The van der Waals surface area contributed by atoms with Crippen LogP contribution >= 0.6 is 12.2 Å². The van der Waals surface area contributed by atoms with E-state index in [1.165, 1.54) is 6.07 Å². The molecule has 0 unspecified atom stereocenters. The highest BCUT2D eigenvalue weighted by Gasteiger charge is 2.19. The number of aromatic nitrogens is 3.